The van der Waals surface area contributed by atoms with Gasteiger partial charge in [-0.05, 0) is 49.7 Å². The number of aryl methyl sites for hydroxylation is 1. The number of fused-ring (bicyclic) bond motifs is 1. The van der Waals surface area contributed by atoms with Gasteiger partial charge in [-0.1, -0.05) is 12.1 Å². The van der Waals surface area contributed by atoms with Gasteiger partial charge in [0.25, 0.3) is 5.91 Å². The van der Waals surface area contributed by atoms with Crippen LogP contribution >= 0.6 is 0 Å². The second-order valence-electron chi connectivity index (χ2n) is 5.52. The molecule has 0 saturated heterocycles. The van der Waals surface area contributed by atoms with Crippen molar-refractivity contribution in [2.24, 2.45) is 0 Å². The van der Waals surface area contributed by atoms with E-state index < -0.39 is 0 Å². The molecule has 3 rings (SSSR count). The Morgan fingerprint density at radius 2 is 1.96 bits per heavy atom. The number of hydrogen-bond acceptors (Lipinski definition) is 3. The maximum atomic E-state index is 12.1. The molecule has 5 nitrogen and oxygen atoms in total. The summed E-state index contributed by atoms with van der Waals surface area (Å²) in [5.74, 6) is 1.66. The van der Waals surface area contributed by atoms with Crippen LogP contribution in [0.15, 0.2) is 48.5 Å². The first kappa shape index (κ1) is 16.1. The summed E-state index contributed by atoms with van der Waals surface area (Å²) in [6, 6.07) is 15.1. The van der Waals surface area contributed by atoms with Gasteiger partial charge >= 0.3 is 0 Å². The van der Waals surface area contributed by atoms with Gasteiger partial charge in [-0.25, -0.2) is 4.98 Å². The number of aromatic amines is 1. The van der Waals surface area contributed by atoms with Crippen molar-refractivity contribution >= 4 is 16.9 Å². The molecule has 24 heavy (non-hydrogen) atoms. The van der Waals surface area contributed by atoms with E-state index in [9.17, 15) is 4.79 Å². The highest BCUT2D eigenvalue weighted by molar-refractivity contribution is 5.94. The number of para-hydroxylation sites is 2. The Kier molecular flexibility index (Phi) is 5.11. The van der Waals surface area contributed by atoms with E-state index in [0.717, 1.165) is 35.4 Å². The van der Waals surface area contributed by atoms with Gasteiger partial charge in [0.05, 0.1) is 17.6 Å². The number of carbonyl (C=O) groups is 1. The Bertz CT molecular complexity index is 776. The van der Waals surface area contributed by atoms with Crippen LogP contribution in [0.3, 0.4) is 0 Å². The Balaban J connectivity index is 1.46. The molecule has 2 N–H and O–H groups in total. The maximum Gasteiger partial charge on any atom is 0.251 e. The molecule has 0 aliphatic rings. The number of nitrogens with zero attached hydrogens (tertiary/aromatic N) is 1. The second kappa shape index (κ2) is 7.64. The van der Waals surface area contributed by atoms with Gasteiger partial charge in [-0.2, -0.15) is 0 Å². The quantitative estimate of drug-likeness (QED) is 0.655. The Morgan fingerprint density at radius 3 is 2.71 bits per heavy atom. The Labute approximate surface area is 141 Å². The predicted molar refractivity (Wildman–Crippen MR) is 94.4 cm³/mol. The van der Waals surface area contributed by atoms with Gasteiger partial charge in [0.1, 0.15) is 11.6 Å². The molecule has 0 bridgehead atoms. The summed E-state index contributed by atoms with van der Waals surface area (Å²) in [7, 11) is 0. The van der Waals surface area contributed by atoms with Crippen molar-refractivity contribution < 1.29 is 9.53 Å². The lowest BCUT2D eigenvalue weighted by atomic mass is 10.2. The molecule has 1 heterocycles. The number of aromatic nitrogens is 2. The molecule has 0 saturated carbocycles. The third-order valence-corrected chi connectivity index (χ3v) is 3.74. The molecule has 0 atom stereocenters. The van der Waals surface area contributed by atoms with Gasteiger partial charge < -0.3 is 15.0 Å². The zero-order valence-electron chi connectivity index (χ0n) is 13.7. The van der Waals surface area contributed by atoms with Gasteiger partial charge in [0, 0.05) is 18.5 Å². The summed E-state index contributed by atoms with van der Waals surface area (Å²) in [6.45, 7) is 3.17. The van der Waals surface area contributed by atoms with Gasteiger partial charge in [0.15, 0.2) is 0 Å². The molecule has 1 aromatic heterocycles. The van der Waals surface area contributed by atoms with E-state index in [0.29, 0.717) is 18.7 Å². The predicted octanol–water partition coefficient (Wildman–Crippen LogP) is 3.32. The normalized spacial score (nSPS) is 10.7. The minimum Gasteiger partial charge on any atom is -0.494 e. The number of imidazole rings is 1. The van der Waals surface area contributed by atoms with Gasteiger partial charge in [-0.15, -0.1) is 0 Å². The lowest BCUT2D eigenvalue weighted by Crippen LogP contribution is -2.24. The van der Waals surface area contributed by atoms with Crippen LogP contribution in [-0.4, -0.2) is 29.0 Å². The molecule has 0 aliphatic heterocycles. The number of amides is 1. The monoisotopic (exact) mass is 323 g/mol. The van der Waals surface area contributed by atoms with Crippen molar-refractivity contribution in [3.05, 3.63) is 59.9 Å². The summed E-state index contributed by atoms with van der Waals surface area (Å²) in [4.78, 5) is 19.9. The Hall–Kier alpha value is -2.82. The highest BCUT2D eigenvalue weighted by atomic mass is 16.5. The zero-order valence-corrected chi connectivity index (χ0v) is 13.7. The second-order valence-corrected chi connectivity index (χ2v) is 5.52. The molecule has 0 unspecified atom stereocenters. The van der Waals surface area contributed by atoms with Crippen LogP contribution in [0.25, 0.3) is 11.0 Å². The fourth-order valence-electron chi connectivity index (χ4n) is 2.55. The molecule has 0 spiro atoms. The van der Waals surface area contributed by atoms with Gasteiger partial charge in [0.2, 0.25) is 0 Å². The number of ether oxygens (including phenoxy) is 1. The lowest BCUT2D eigenvalue weighted by Gasteiger charge is -2.06. The SMILES string of the molecule is CCOc1ccc(C(=O)NCCCc2nc3ccccc3[nH]2)cc1. The number of carbonyl (C=O) groups excluding carboxylic acids is 1. The average Bonchev–Trinajstić information content (AvgIpc) is 3.02. The number of rotatable bonds is 7. The lowest BCUT2D eigenvalue weighted by molar-refractivity contribution is 0.0953. The van der Waals surface area contributed by atoms with Crippen molar-refractivity contribution in [1.82, 2.24) is 15.3 Å². The minimum absolute atomic E-state index is 0.0670. The van der Waals surface area contributed by atoms with Crippen LogP contribution in [0.2, 0.25) is 0 Å². The standard InChI is InChI=1S/C19H21N3O2/c1-2-24-15-11-9-14(10-12-15)19(23)20-13-5-8-18-21-16-6-3-4-7-17(16)22-18/h3-4,6-7,9-12H,2,5,8,13H2,1H3,(H,20,23)(H,21,22). The summed E-state index contributed by atoms with van der Waals surface area (Å²) in [5.41, 5.74) is 2.67. The first-order valence-electron chi connectivity index (χ1n) is 8.21. The van der Waals surface area contributed by atoms with Crippen LogP contribution in [0.1, 0.15) is 29.5 Å². The molecule has 5 heteroatoms. The van der Waals surface area contributed by atoms with E-state index >= 15 is 0 Å². The van der Waals surface area contributed by atoms with Crippen LogP contribution in [0, 0.1) is 0 Å². The van der Waals surface area contributed by atoms with Gasteiger partial charge in [-0.3, -0.25) is 4.79 Å². The van der Waals surface area contributed by atoms with E-state index in [1.54, 1.807) is 12.1 Å². The first-order valence-corrected chi connectivity index (χ1v) is 8.21. The number of nitrogens with one attached hydrogen (secondary N) is 2. The number of hydrogen-bond donors (Lipinski definition) is 2. The molecule has 0 fully saturated rings. The summed E-state index contributed by atoms with van der Waals surface area (Å²) in [6.07, 6.45) is 1.64. The summed E-state index contributed by atoms with van der Waals surface area (Å²) in [5, 5.41) is 2.93. The molecule has 124 valence electrons. The topological polar surface area (TPSA) is 67.0 Å². The number of benzene rings is 2. The van der Waals surface area contributed by atoms with Crippen molar-refractivity contribution in [3.63, 3.8) is 0 Å². The van der Waals surface area contributed by atoms with E-state index in [4.69, 9.17) is 4.74 Å². The third-order valence-electron chi connectivity index (χ3n) is 3.74. The fourth-order valence-corrected chi connectivity index (χ4v) is 2.55. The molecular weight excluding hydrogens is 302 g/mol. The molecular formula is C19H21N3O2. The van der Waals surface area contributed by atoms with Crippen molar-refractivity contribution in [1.29, 1.82) is 0 Å². The van der Waals surface area contributed by atoms with E-state index in [2.05, 4.69) is 15.3 Å². The fraction of sp³-hybridized carbons (Fsp3) is 0.263. The van der Waals surface area contributed by atoms with Crippen LogP contribution in [0.5, 0.6) is 5.75 Å². The molecule has 3 aromatic rings. The molecule has 0 radical (unpaired) electrons. The average molecular weight is 323 g/mol. The molecule has 2 aromatic carbocycles. The summed E-state index contributed by atoms with van der Waals surface area (Å²) < 4.78 is 5.37. The molecule has 1 amide bonds. The number of H-pyrrole nitrogens is 1. The van der Waals surface area contributed by atoms with Crippen LogP contribution < -0.4 is 10.1 Å². The first-order chi connectivity index (χ1) is 11.8. The van der Waals surface area contributed by atoms with E-state index in [1.807, 2.05) is 43.3 Å². The van der Waals surface area contributed by atoms with Crippen LogP contribution in [0.4, 0.5) is 0 Å². The van der Waals surface area contributed by atoms with E-state index in [-0.39, 0.29) is 5.91 Å². The largest absolute Gasteiger partial charge is 0.494 e. The van der Waals surface area contributed by atoms with Crippen molar-refractivity contribution in [3.8, 4) is 5.75 Å². The minimum atomic E-state index is -0.0670. The third kappa shape index (κ3) is 3.93. The molecule has 0 aliphatic carbocycles. The summed E-state index contributed by atoms with van der Waals surface area (Å²) >= 11 is 0. The zero-order chi connectivity index (χ0) is 16.8. The smallest absolute Gasteiger partial charge is 0.251 e. The van der Waals surface area contributed by atoms with Crippen LogP contribution in [-0.2, 0) is 6.42 Å². The van der Waals surface area contributed by atoms with E-state index in [1.165, 1.54) is 0 Å². The highest BCUT2D eigenvalue weighted by Gasteiger charge is 2.06. The Morgan fingerprint density at radius 1 is 1.17 bits per heavy atom. The van der Waals surface area contributed by atoms with Crippen molar-refractivity contribution in [2.75, 3.05) is 13.2 Å². The maximum absolute atomic E-state index is 12.1. The highest BCUT2D eigenvalue weighted by Crippen LogP contribution is 2.12. The van der Waals surface area contributed by atoms with Crippen molar-refractivity contribution in [2.45, 2.75) is 19.8 Å².